The van der Waals surface area contributed by atoms with Gasteiger partial charge in [-0.05, 0) is 42.0 Å². The lowest BCUT2D eigenvalue weighted by atomic mass is 10.1. The van der Waals surface area contributed by atoms with Crippen molar-refractivity contribution in [1.82, 2.24) is 5.32 Å². The summed E-state index contributed by atoms with van der Waals surface area (Å²) in [5, 5.41) is 6.37. The zero-order valence-corrected chi connectivity index (χ0v) is 13.0. The quantitative estimate of drug-likeness (QED) is 0.693. The van der Waals surface area contributed by atoms with Crippen LogP contribution in [0.15, 0.2) is 77.4 Å². The topological polar surface area (TPSA) is 37.2 Å². The third-order valence-electron chi connectivity index (χ3n) is 3.36. The standard InChI is InChI=1S/C18H15FN2OS/c19-14-9-4-5-10-15(14)20-18(23)21-17(16-11-6-12-22-16)13-7-2-1-3-8-13/h1-12,17H,(H2,20,21,23)/t17-/m0/s1. The van der Waals surface area contributed by atoms with Gasteiger partial charge >= 0.3 is 0 Å². The van der Waals surface area contributed by atoms with Crippen LogP contribution in [0.4, 0.5) is 10.1 Å². The molecule has 0 spiro atoms. The molecule has 2 aromatic carbocycles. The molecule has 1 heterocycles. The predicted molar refractivity (Wildman–Crippen MR) is 92.7 cm³/mol. The fraction of sp³-hybridized carbons (Fsp3) is 0.0556. The Morgan fingerprint density at radius 1 is 0.957 bits per heavy atom. The average Bonchev–Trinajstić information content (AvgIpc) is 3.10. The highest BCUT2D eigenvalue weighted by Gasteiger charge is 2.18. The smallest absolute Gasteiger partial charge is 0.171 e. The van der Waals surface area contributed by atoms with Gasteiger partial charge < -0.3 is 15.1 Å². The van der Waals surface area contributed by atoms with E-state index in [4.69, 9.17) is 16.6 Å². The van der Waals surface area contributed by atoms with Gasteiger partial charge in [0.25, 0.3) is 0 Å². The lowest BCUT2D eigenvalue weighted by molar-refractivity contribution is 0.476. The van der Waals surface area contributed by atoms with Gasteiger partial charge in [-0.3, -0.25) is 0 Å². The summed E-state index contributed by atoms with van der Waals surface area (Å²) >= 11 is 5.32. The van der Waals surface area contributed by atoms with Crippen LogP contribution in [-0.4, -0.2) is 5.11 Å². The van der Waals surface area contributed by atoms with Crippen LogP contribution in [0.3, 0.4) is 0 Å². The van der Waals surface area contributed by atoms with Gasteiger partial charge in [0.15, 0.2) is 5.11 Å². The second-order valence-electron chi connectivity index (χ2n) is 4.94. The minimum atomic E-state index is -0.356. The molecule has 1 atom stereocenters. The molecule has 0 saturated carbocycles. The second-order valence-corrected chi connectivity index (χ2v) is 5.35. The molecule has 3 aromatic rings. The molecule has 0 unspecified atom stereocenters. The number of rotatable bonds is 4. The zero-order chi connectivity index (χ0) is 16.1. The van der Waals surface area contributed by atoms with E-state index in [2.05, 4.69) is 10.6 Å². The number of benzene rings is 2. The molecule has 23 heavy (non-hydrogen) atoms. The Morgan fingerprint density at radius 2 is 1.70 bits per heavy atom. The summed E-state index contributed by atoms with van der Waals surface area (Å²) in [6, 6.07) is 19.6. The largest absolute Gasteiger partial charge is 0.467 e. The fourth-order valence-electron chi connectivity index (χ4n) is 2.27. The van der Waals surface area contributed by atoms with Gasteiger partial charge in [0.1, 0.15) is 17.6 Å². The van der Waals surface area contributed by atoms with Crippen molar-refractivity contribution in [2.75, 3.05) is 5.32 Å². The first-order valence-electron chi connectivity index (χ1n) is 7.14. The number of thiocarbonyl (C=S) groups is 1. The van der Waals surface area contributed by atoms with Crippen LogP contribution in [0.1, 0.15) is 17.4 Å². The Bertz CT molecular complexity index is 775. The Kier molecular flexibility index (Phi) is 4.68. The molecule has 0 fully saturated rings. The molecule has 0 bridgehead atoms. The molecule has 0 aliphatic carbocycles. The Labute approximate surface area is 139 Å². The van der Waals surface area contributed by atoms with E-state index in [9.17, 15) is 4.39 Å². The van der Waals surface area contributed by atoms with Gasteiger partial charge in [0.2, 0.25) is 0 Å². The van der Waals surface area contributed by atoms with Crippen molar-refractivity contribution in [1.29, 1.82) is 0 Å². The number of halogens is 1. The Morgan fingerprint density at radius 3 is 2.39 bits per heavy atom. The fourth-order valence-corrected chi connectivity index (χ4v) is 2.50. The maximum Gasteiger partial charge on any atom is 0.171 e. The molecule has 3 rings (SSSR count). The van der Waals surface area contributed by atoms with Crippen molar-refractivity contribution in [2.24, 2.45) is 0 Å². The van der Waals surface area contributed by atoms with Crippen LogP contribution in [0.5, 0.6) is 0 Å². The van der Waals surface area contributed by atoms with Gasteiger partial charge in [-0.15, -0.1) is 0 Å². The highest BCUT2D eigenvalue weighted by Crippen LogP contribution is 2.22. The van der Waals surface area contributed by atoms with Crippen LogP contribution >= 0.6 is 12.2 Å². The minimum Gasteiger partial charge on any atom is -0.467 e. The van der Waals surface area contributed by atoms with E-state index in [1.54, 1.807) is 24.5 Å². The molecule has 1 aromatic heterocycles. The molecule has 0 aliphatic rings. The monoisotopic (exact) mass is 326 g/mol. The van der Waals surface area contributed by atoms with E-state index in [-0.39, 0.29) is 11.9 Å². The summed E-state index contributed by atoms with van der Waals surface area (Å²) in [5.74, 6) is 0.375. The normalized spacial score (nSPS) is 11.7. The van der Waals surface area contributed by atoms with Crippen molar-refractivity contribution >= 4 is 23.0 Å². The zero-order valence-electron chi connectivity index (χ0n) is 12.2. The van der Waals surface area contributed by atoms with Crippen LogP contribution in [0.2, 0.25) is 0 Å². The molecular weight excluding hydrogens is 311 g/mol. The van der Waals surface area contributed by atoms with Gasteiger partial charge in [0, 0.05) is 0 Å². The van der Waals surface area contributed by atoms with Gasteiger partial charge in [-0.1, -0.05) is 42.5 Å². The first-order chi connectivity index (χ1) is 11.2. The van der Waals surface area contributed by atoms with Crippen molar-refractivity contribution in [3.63, 3.8) is 0 Å². The first-order valence-corrected chi connectivity index (χ1v) is 7.55. The molecule has 0 radical (unpaired) electrons. The number of nitrogens with one attached hydrogen (secondary N) is 2. The number of hydrogen-bond donors (Lipinski definition) is 2. The molecule has 2 N–H and O–H groups in total. The SMILES string of the molecule is Fc1ccccc1NC(=S)N[C@@H](c1ccccc1)c1ccco1. The van der Waals surface area contributed by atoms with E-state index in [0.717, 1.165) is 11.3 Å². The van der Waals surface area contributed by atoms with Gasteiger partial charge in [0.05, 0.1) is 12.0 Å². The second kappa shape index (κ2) is 7.07. The van der Waals surface area contributed by atoms with Gasteiger partial charge in [-0.25, -0.2) is 4.39 Å². The molecule has 116 valence electrons. The van der Waals surface area contributed by atoms with E-state index >= 15 is 0 Å². The number of furan rings is 1. The van der Waals surface area contributed by atoms with E-state index in [1.807, 2.05) is 42.5 Å². The summed E-state index contributed by atoms with van der Waals surface area (Å²) < 4.78 is 19.2. The molecule has 0 aliphatic heterocycles. The Balaban J connectivity index is 1.79. The van der Waals surface area contributed by atoms with Gasteiger partial charge in [-0.2, -0.15) is 0 Å². The maximum absolute atomic E-state index is 13.7. The van der Waals surface area contributed by atoms with E-state index < -0.39 is 0 Å². The lowest BCUT2D eigenvalue weighted by Crippen LogP contribution is -2.33. The molecule has 3 nitrogen and oxygen atoms in total. The van der Waals surface area contributed by atoms with Crippen molar-refractivity contribution in [2.45, 2.75) is 6.04 Å². The number of anilines is 1. The van der Waals surface area contributed by atoms with E-state index in [0.29, 0.717) is 10.8 Å². The third-order valence-corrected chi connectivity index (χ3v) is 3.58. The summed E-state index contributed by atoms with van der Waals surface area (Å²) in [6.45, 7) is 0. The first kappa shape index (κ1) is 15.2. The summed E-state index contributed by atoms with van der Waals surface area (Å²) in [5.41, 5.74) is 1.33. The van der Waals surface area contributed by atoms with Crippen LogP contribution in [0.25, 0.3) is 0 Å². The minimum absolute atomic E-state index is 0.252. The predicted octanol–water partition coefficient (Wildman–Crippen LogP) is 4.49. The lowest BCUT2D eigenvalue weighted by Gasteiger charge is -2.19. The van der Waals surface area contributed by atoms with E-state index in [1.165, 1.54) is 6.07 Å². The highest BCUT2D eigenvalue weighted by atomic mass is 32.1. The van der Waals surface area contributed by atoms with Crippen LogP contribution in [-0.2, 0) is 0 Å². The number of hydrogen-bond acceptors (Lipinski definition) is 2. The van der Waals surface area contributed by atoms with Crippen LogP contribution < -0.4 is 10.6 Å². The maximum atomic E-state index is 13.7. The van der Waals surface area contributed by atoms with Crippen molar-refractivity contribution in [3.8, 4) is 0 Å². The van der Waals surface area contributed by atoms with Crippen molar-refractivity contribution in [3.05, 3.63) is 90.1 Å². The third kappa shape index (κ3) is 3.76. The Hall–Kier alpha value is -2.66. The summed E-state index contributed by atoms with van der Waals surface area (Å²) in [7, 11) is 0. The molecular formula is C18H15FN2OS. The van der Waals surface area contributed by atoms with Crippen molar-refractivity contribution < 1.29 is 8.81 Å². The van der Waals surface area contributed by atoms with Crippen LogP contribution in [0, 0.1) is 5.82 Å². The number of para-hydroxylation sites is 1. The summed E-state index contributed by atoms with van der Waals surface area (Å²) in [4.78, 5) is 0. The molecule has 0 saturated heterocycles. The summed E-state index contributed by atoms with van der Waals surface area (Å²) in [6.07, 6.45) is 1.61. The average molecular weight is 326 g/mol. The molecule has 5 heteroatoms. The molecule has 0 amide bonds. The highest BCUT2D eigenvalue weighted by molar-refractivity contribution is 7.80.